The zero-order valence-corrected chi connectivity index (χ0v) is 15.0. The Labute approximate surface area is 128 Å². The Morgan fingerprint density at radius 1 is 0.895 bits per heavy atom. The van der Waals surface area contributed by atoms with Gasteiger partial charge in [-0.1, -0.05) is 49.5 Å². The van der Waals surface area contributed by atoms with Crippen LogP contribution in [-0.2, 0) is 30.5 Å². The van der Waals surface area contributed by atoms with Gasteiger partial charge in [0.2, 0.25) is 0 Å². The second-order valence-corrected chi connectivity index (χ2v) is 9.99. The van der Waals surface area contributed by atoms with Crippen molar-refractivity contribution in [2.75, 3.05) is 0 Å². The monoisotopic (exact) mass is 415 g/mol. The average Bonchev–Trinajstić information content (AvgIpc) is 1.96. The molecule has 0 atom stereocenters. The van der Waals surface area contributed by atoms with Crippen LogP contribution >= 0.6 is 7.92 Å². The molecule has 0 aromatic heterocycles. The van der Waals surface area contributed by atoms with E-state index in [4.69, 9.17) is 13.0 Å². The summed E-state index contributed by atoms with van der Waals surface area (Å²) in [7, 11) is -5.83. The SMILES string of the molecule is CC(C)P(C(C)C)C(C)C.O=S(=O)([O-])C(F)(F)F.[Pd+2]. The van der Waals surface area contributed by atoms with Gasteiger partial charge in [-0.25, -0.2) is 8.42 Å². The molecule has 0 saturated heterocycles. The third-order valence-electron chi connectivity index (χ3n) is 2.07. The Bertz CT molecular complexity index is 310. The molecule has 19 heavy (non-hydrogen) atoms. The summed E-state index contributed by atoms with van der Waals surface area (Å²) in [6.07, 6.45) is 0. The van der Waals surface area contributed by atoms with Crippen LogP contribution in [0.4, 0.5) is 13.2 Å². The molecule has 0 heterocycles. The molecule has 3 nitrogen and oxygen atoms in total. The first-order valence-corrected chi connectivity index (χ1v) is 8.47. The van der Waals surface area contributed by atoms with Crippen molar-refractivity contribution >= 4 is 18.0 Å². The Kier molecular flexibility index (Phi) is 12.6. The van der Waals surface area contributed by atoms with E-state index >= 15 is 0 Å². The van der Waals surface area contributed by atoms with Gasteiger partial charge < -0.3 is 4.55 Å². The van der Waals surface area contributed by atoms with Crippen molar-refractivity contribution in [1.82, 2.24) is 0 Å². The Hall–Kier alpha value is 0.792. The number of hydrogen-bond donors (Lipinski definition) is 0. The Morgan fingerprint density at radius 3 is 1.05 bits per heavy atom. The van der Waals surface area contributed by atoms with Crippen molar-refractivity contribution in [3.05, 3.63) is 0 Å². The number of alkyl halides is 3. The fourth-order valence-electron chi connectivity index (χ4n) is 1.79. The van der Waals surface area contributed by atoms with Gasteiger partial charge in [-0.15, -0.1) is 0 Å². The van der Waals surface area contributed by atoms with Gasteiger partial charge in [-0.2, -0.15) is 13.2 Å². The van der Waals surface area contributed by atoms with E-state index in [0.29, 0.717) is 0 Å². The van der Waals surface area contributed by atoms with E-state index in [9.17, 15) is 13.2 Å². The van der Waals surface area contributed by atoms with E-state index in [2.05, 4.69) is 41.5 Å². The summed E-state index contributed by atoms with van der Waals surface area (Å²) in [5, 5.41) is 0. The van der Waals surface area contributed by atoms with Crippen LogP contribution in [0.3, 0.4) is 0 Å². The van der Waals surface area contributed by atoms with E-state index in [0.717, 1.165) is 17.0 Å². The normalized spacial score (nSPS) is 12.5. The molecule has 0 amide bonds. The molecule has 0 unspecified atom stereocenters. The standard InChI is InChI=1S/C9H21P.CHF3O3S.Pd/c1-7(2)10(8(3)4)9(5)6;2-1(3,4)8(5,6)7;/h7-9H,1-6H3;(H,5,6,7);/q;;+2/p-1. The molecule has 120 valence electrons. The number of halogens is 3. The van der Waals surface area contributed by atoms with E-state index in [-0.39, 0.29) is 28.3 Å². The number of hydrogen-bond acceptors (Lipinski definition) is 3. The summed E-state index contributed by atoms with van der Waals surface area (Å²) < 4.78 is 58.9. The van der Waals surface area contributed by atoms with Crippen LogP contribution in [-0.4, -0.2) is 35.5 Å². The molecule has 0 aliphatic carbocycles. The smallest absolute Gasteiger partial charge is 0.741 e. The fraction of sp³-hybridized carbons (Fsp3) is 1.00. The molecule has 0 fully saturated rings. The summed E-state index contributed by atoms with van der Waals surface area (Å²) in [5.41, 5.74) is -2.95. The molecule has 0 aliphatic heterocycles. The maximum Gasteiger partial charge on any atom is 2.00 e. The van der Waals surface area contributed by atoms with Crippen LogP contribution in [0.2, 0.25) is 0 Å². The van der Waals surface area contributed by atoms with Crippen LogP contribution in [0.5, 0.6) is 0 Å². The van der Waals surface area contributed by atoms with Crippen molar-refractivity contribution in [1.29, 1.82) is 0 Å². The van der Waals surface area contributed by atoms with Crippen LogP contribution < -0.4 is 0 Å². The first kappa shape index (κ1) is 24.8. The van der Waals surface area contributed by atoms with Gasteiger partial charge in [0.25, 0.3) is 0 Å². The van der Waals surface area contributed by atoms with Gasteiger partial charge in [-0.05, 0) is 17.0 Å². The van der Waals surface area contributed by atoms with Gasteiger partial charge in [0.05, 0.1) is 0 Å². The topological polar surface area (TPSA) is 57.2 Å². The quantitative estimate of drug-likeness (QED) is 0.305. The second kappa shape index (κ2) is 9.68. The van der Waals surface area contributed by atoms with Crippen molar-refractivity contribution < 1.29 is 46.6 Å². The third-order valence-corrected chi connectivity index (χ3v) is 6.22. The van der Waals surface area contributed by atoms with E-state index in [1.807, 2.05) is 0 Å². The molecule has 0 rings (SSSR count). The predicted molar refractivity (Wildman–Crippen MR) is 68.1 cm³/mol. The number of rotatable bonds is 3. The van der Waals surface area contributed by atoms with Crippen LogP contribution in [0, 0.1) is 0 Å². The molecule has 0 radical (unpaired) electrons. The molecule has 0 bridgehead atoms. The Balaban J connectivity index is -0.000000262. The van der Waals surface area contributed by atoms with Crippen LogP contribution in [0.1, 0.15) is 41.5 Å². The maximum atomic E-state index is 10.7. The van der Waals surface area contributed by atoms with Gasteiger partial charge in [-0.3, -0.25) is 0 Å². The van der Waals surface area contributed by atoms with Gasteiger partial charge in [0.15, 0.2) is 10.1 Å². The van der Waals surface area contributed by atoms with Crippen molar-refractivity contribution in [3.8, 4) is 0 Å². The first-order chi connectivity index (χ1) is 7.71. The summed E-state index contributed by atoms with van der Waals surface area (Å²) in [6.45, 7) is 14.1. The van der Waals surface area contributed by atoms with Gasteiger partial charge >= 0.3 is 25.9 Å². The van der Waals surface area contributed by atoms with E-state index in [1.165, 1.54) is 0 Å². The summed E-state index contributed by atoms with van der Waals surface area (Å²) >= 11 is 0. The molecule has 0 spiro atoms. The molecule has 0 aromatic carbocycles. The van der Waals surface area contributed by atoms with Crippen molar-refractivity contribution in [2.24, 2.45) is 0 Å². The average molecular weight is 416 g/mol. The van der Waals surface area contributed by atoms with E-state index < -0.39 is 15.6 Å². The summed E-state index contributed by atoms with van der Waals surface area (Å²) in [6, 6.07) is 0. The molecule has 0 N–H and O–H groups in total. The fourth-order valence-corrected chi connectivity index (χ4v) is 5.37. The van der Waals surface area contributed by atoms with Gasteiger partial charge in [0.1, 0.15) is 0 Å². The van der Waals surface area contributed by atoms with Gasteiger partial charge in [0, 0.05) is 0 Å². The minimum absolute atomic E-state index is 0. The van der Waals surface area contributed by atoms with Crippen molar-refractivity contribution in [2.45, 2.75) is 64.0 Å². The zero-order valence-electron chi connectivity index (χ0n) is 11.8. The first-order valence-electron chi connectivity index (χ1n) is 5.51. The third kappa shape index (κ3) is 11.2. The minimum Gasteiger partial charge on any atom is -0.741 e. The molecule has 0 aromatic rings. The van der Waals surface area contributed by atoms with Crippen LogP contribution in [0.25, 0.3) is 0 Å². The predicted octanol–water partition coefficient (Wildman–Crippen LogP) is 3.74. The molecule has 9 heteroatoms. The van der Waals surface area contributed by atoms with E-state index in [1.54, 1.807) is 0 Å². The van der Waals surface area contributed by atoms with Crippen LogP contribution in [0.15, 0.2) is 0 Å². The summed E-state index contributed by atoms with van der Waals surface area (Å²) in [5.74, 6) is 0. The molecule has 0 saturated carbocycles. The minimum atomic E-state index is -6.09. The molecule has 0 aliphatic rings. The maximum absolute atomic E-state index is 10.7. The summed E-state index contributed by atoms with van der Waals surface area (Å²) in [4.78, 5) is 0. The van der Waals surface area contributed by atoms with Crippen molar-refractivity contribution in [3.63, 3.8) is 0 Å². The largest absolute Gasteiger partial charge is 2.00 e. The zero-order chi connectivity index (χ0) is 15.3. The molecular formula is C10H21F3O3PPdS+. The Morgan fingerprint density at radius 2 is 1.05 bits per heavy atom. The molecular weight excluding hydrogens is 395 g/mol. The second-order valence-electron chi connectivity index (χ2n) is 4.63.